The second kappa shape index (κ2) is 8.86. The van der Waals surface area contributed by atoms with Crippen LogP contribution < -0.4 is 10.6 Å². The van der Waals surface area contributed by atoms with Crippen LogP contribution in [0.3, 0.4) is 0 Å². The minimum absolute atomic E-state index is 0.122. The standard InChI is InChI=1S/C27H29FN4O5/c1-16-10-12-26(2,18-4-6-19(28)7-5-18)32(16)22(33)15-31-23(34)27(37-25(31)36)13-11-17-14-20(8-9-21(17)27)30-24(35)29-3/h4-9,14,16H,10-13,15H2,1-3H3,(H2,29,30,35)/t16-,26-,27-/m1/s1. The third kappa shape index (κ3) is 3.91. The molecule has 2 aromatic carbocycles. The van der Waals surface area contributed by atoms with Crippen molar-refractivity contribution in [3.05, 3.63) is 65.0 Å². The van der Waals surface area contributed by atoms with Crippen molar-refractivity contribution >= 4 is 29.6 Å². The summed E-state index contributed by atoms with van der Waals surface area (Å²) in [6.07, 6.45) is 1.30. The van der Waals surface area contributed by atoms with Crippen molar-refractivity contribution in [2.45, 2.75) is 56.7 Å². The smallest absolute Gasteiger partial charge is 0.418 e. The zero-order chi connectivity index (χ0) is 26.5. The van der Waals surface area contributed by atoms with Crippen LogP contribution in [0.25, 0.3) is 0 Å². The molecule has 2 aromatic rings. The van der Waals surface area contributed by atoms with E-state index in [0.717, 1.165) is 22.4 Å². The number of likely N-dealkylation sites (tertiary alicyclic amines) is 1. The second-order valence-corrected chi connectivity index (χ2v) is 10.1. The number of nitrogens with one attached hydrogen (secondary N) is 2. The number of imide groups is 1. The van der Waals surface area contributed by atoms with Gasteiger partial charge >= 0.3 is 12.1 Å². The number of anilines is 1. The Labute approximate surface area is 213 Å². The summed E-state index contributed by atoms with van der Waals surface area (Å²) in [6, 6.07) is 10.7. The SMILES string of the molecule is CNC(=O)Nc1ccc2c(c1)CC[C@@]21OC(=O)N(CC(=O)N2[C@H](C)CC[C@]2(C)c2ccc(F)cc2)C1=O. The Morgan fingerprint density at radius 3 is 2.57 bits per heavy atom. The summed E-state index contributed by atoms with van der Waals surface area (Å²) in [7, 11) is 1.51. The molecular formula is C27H29FN4O5. The molecule has 10 heteroatoms. The van der Waals surface area contributed by atoms with E-state index in [1.165, 1.54) is 19.2 Å². The lowest BCUT2D eigenvalue weighted by atomic mass is 9.89. The summed E-state index contributed by atoms with van der Waals surface area (Å²) in [5.74, 6) is -1.30. The normalized spacial score (nSPS) is 26.4. The molecule has 5 amide bonds. The third-order valence-electron chi connectivity index (χ3n) is 7.89. The summed E-state index contributed by atoms with van der Waals surface area (Å²) < 4.78 is 19.2. The van der Waals surface area contributed by atoms with E-state index in [9.17, 15) is 23.6 Å². The number of carbonyl (C=O) groups excluding carboxylic acids is 4. The quantitative estimate of drug-likeness (QED) is 0.656. The van der Waals surface area contributed by atoms with Gasteiger partial charge in [-0.2, -0.15) is 0 Å². The van der Waals surface area contributed by atoms with E-state index in [0.29, 0.717) is 24.1 Å². The van der Waals surface area contributed by atoms with Gasteiger partial charge in [0.25, 0.3) is 5.91 Å². The maximum Gasteiger partial charge on any atom is 0.418 e. The molecule has 3 atom stereocenters. The number of aryl methyl sites for hydroxylation is 1. The fraction of sp³-hybridized carbons (Fsp3) is 0.407. The highest BCUT2D eigenvalue weighted by atomic mass is 19.1. The molecule has 37 heavy (non-hydrogen) atoms. The lowest BCUT2D eigenvalue weighted by Crippen LogP contribution is -2.51. The largest absolute Gasteiger partial charge is 0.427 e. The Hall–Kier alpha value is -3.95. The maximum absolute atomic E-state index is 13.6. The number of rotatable bonds is 4. The lowest BCUT2D eigenvalue weighted by molar-refractivity contribution is -0.144. The van der Waals surface area contributed by atoms with Crippen molar-refractivity contribution in [3.63, 3.8) is 0 Å². The molecule has 0 saturated carbocycles. The predicted octanol–water partition coefficient (Wildman–Crippen LogP) is 3.62. The van der Waals surface area contributed by atoms with E-state index < -0.39 is 29.7 Å². The number of amides is 5. The maximum atomic E-state index is 13.6. The molecule has 194 valence electrons. The Morgan fingerprint density at radius 2 is 1.86 bits per heavy atom. The molecule has 5 rings (SSSR count). The van der Waals surface area contributed by atoms with Crippen molar-refractivity contribution in [1.82, 2.24) is 15.1 Å². The highest BCUT2D eigenvalue weighted by molar-refractivity contribution is 6.06. The Balaban J connectivity index is 1.38. The van der Waals surface area contributed by atoms with Crippen molar-refractivity contribution in [3.8, 4) is 0 Å². The molecule has 3 aliphatic rings. The molecule has 0 radical (unpaired) electrons. The van der Waals surface area contributed by atoms with Crippen LogP contribution in [0.2, 0.25) is 0 Å². The first-order chi connectivity index (χ1) is 17.6. The van der Waals surface area contributed by atoms with E-state index in [2.05, 4.69) is 10.6 Å². The van der Waals surface area contributed by atoms with Crippen LogP contribution >= 0.6 is 0 Å². The van der Waals surface area contributed by atoms with E-state index >= 15 is 0 Å². The van der Waals surface area contributed by atoms with Crippen LogP contribution in [0.5, 0.6) is 0 Å². The van der Waals surface area contributed by atoms with Crippen molar-refractivity contribution < 1.29 is 28.3 Å². The Kier molecular flexibility index (Phi) is 5.92. The Morgan fingerprint density at radius 1 is 1.14 bits per heavy atom. The molecule has 0 unspecified atom stereocenters. The topological polar surface area (TPSA) is 108 Å². The number of hydrogen-bond acceptors (Lipinski definition) is 5. The average molecular weight is 509 g/mol. The van der Waals surface area contributed by atoms with Gasteiger partial charge < -0.3 is 20.3 Å². The van der Waals surface area contributed by atoms with Crippen molar-refractivity contribution in [1.29, 1.82) is 0 Å². The van der Waals surface area contributed by atoms with Gasteiger partial charge in [0.2, 0.25) is 11.5 Å². The van der Waals surface area contributed by atoms with Gasteiger partial charge in [0.15, 0.2) is 0 Å². The number of fused-ring (bicyclic) bond motifs is 2. The van der Waals surface area contributed by atoms with Gasteiger partial charge in [0.05, 0.1) is 5.54 Å². The summed E-state index contributed by atoms with van der Waals surface area (Å²) in [4.78, 5) is 54.3. The van der Waals surface area contributed by atoms with Crippen molar-refractivity contribution in [2.75, 3.05) is 18.9 Å². The van der Waals surface area contributed by atoms with Gasteiger partial charge in [-0.15, -0.1) is 0 Å². The molecule has 2 heterocycles. The number of halogens is 1. The summed E-state index contributed by atoms with van der Waals surface area (Å²) in [6.45, 7) is 3.41. The van der Waals surface area contributed by atoms with Crippen LogP contribution in [0.1, 0.15) is 49.8 Å². The van der Waals surface area contributed by atoms with Gasteiger partial charge in [0.1, 0.15) is 12.4 Å². The van der Waals surface area contributed by atoms with Crippen LogP contribution in [-0.2, 0) is 31.9 Å². The minimum Gasteiger partial charge on any atom is -0.427 e. The Bertz CT molecular complexity index is 1300. The molecule has 9 nitrogen and oxygen atoms in total. The first kappa shape index (κ1) is 24.7. The van der Waals surface area contributed by atoms with Gasteiger partial charge in [0, 0.05) is 30.8 Å². The first-order valence-corrected chi connectivity index (χ1v) is 12.3. The fourth-order valence-corrected chi connectivity index (χ4v) is 5.98. The number of carbonyl (C=O) groups is 4. The van der Waals surface area contributed by atoms with Gasteiger partial charge in [-0.1, -0.05) is 18.2 Å². The molecule has 2 fully saturated rings. The number of nitrogens with zero attached hydrogens (tertiary/aromatic N) is 2. The summed E-state index contributed by atoms with van der Waals surface area (Å²) >= 11 is 0. The zero-order valence-electron chi connectivity index (χ0n) is 21.0. The molecule has 1 spiro atoms. The summed E-state index contributed by atoms with van der Waals surface area (Å²) in [5.41, 5.74) is 0.540. The van der Waals surface area contributed by atoms with Gasteiger partial charge in [-0.05, 0) is 68.5 Å². The van der Waals surface area contributed by atoms with E-state index in [1.54, 1.807) is 35.2 Å². The fourth-order valence-electron chi connectivity index (χ4n) is 5.98. The third-order valence-corrected chi connectivity index (χ3v) is 7.89. The van der Waals surface area contributed by atoms with Crippen LogP contribution in [-0.4, -0.2) is 53.4 Å². The highest BCUT2D eigenvalue weighted by Gasteiger charge is 2.59. The number of ether oxygens (including phenoxy) is 1. The monoisotopic (exact) mass is 508 g/mol. The summed E-state index contributed by atoms with van der Waals surface area (Å²) in [5, 5.41) is 5.17. The highest BCUT2D eigenvalue weighted by Crippen LogP contribution is 2.47. The average Bonchev–Trinajstić information content (AvgIpc) is 3.47. The molecular weight excluding hydrogens is 479 g/mol. The molecule has 2 aliphatic heterocycles. The molecule has 0 bridgehead atoms. The zero-order valence-corrected chi connectivity index (χ0v) is 21.0. The first-order valence-electron chi connectivity index (χ1n) is 12.3. The van der Waals surface area contributed by atoms with Crippen molar-refractivity contribution in [2.24, 2.45) is 0 Å². The van der Waals surface area contributed by atoms with Gasteiger partial charge in [-0.3, -0.25) is 9.59 Å². The molecule has 0 aromatic heterocycles. The second-order valence-electron chi connectivity index (χ2n) is 10.1. The van der Waals surface area contributed by atoms with E-state index in [1.807, 2.05) is 13.8 Å². The van der Waals surface area contributed by atoms with Crippen LogP contribution in [0, 0.1) is 5.82 Å². The molecule has 2 saturated heterocycles. The molecule has 2 N–H and O–H groups in total. The number of hydrogen-bond donors (Lipinski definition) is 2. The number of urea groups is 1. The van der Waals surface area contributed by atoms with E-state index in [-0.39, 0.29) is 30.2 Å². The van der Waals surface area contributed by atoms with Gasteiger partial charge in [-0.25, -0.2) is 18.9 Å². The minimum atomic E-state index is -1.48. The van der Waals surface area contributed by atoms with E-state index in [4.69, 9.17) is 4.74 Å². The van der Waals surface area contributed by atoms with Crippen LogP contribution in [0.4, 0.5) is 19.7 Å². The van der Waals surface area contributed by atoms with Crippen LogP contribution in [0.15, 0.2) is 42.5 Å². The molecule has 1 aliphatic carbocycles. The predicted molar refractivity (Wildman–Crippen MR) is 132 cm³/mol. The number of benzene rings is 2. The lowest BCUT2D eigenvalue weighted by Gasteiger charge is -2.39.